The number of hydrogen-bond acceptors (Lipinski definition) is 4. The topological polar surface area (TPSA) is 92.5 Å². The summed E-state index contributed by atoms with van der Waals surface area (Å²) in [5, 5.41) is 22.7. The van der Waals surface area contributed by atoms with Gasteiger partial charge in [0.15, 0.2) is 0 Å². The number of nitrogens with one attached hydrogen (secondary N) is 1. The number of anilines is 2. The predicted molar refractivity (Wildman–Crippen MR) is 74.7 cm³/mol. The Balaban J connectivity index is 2.51. The summed E-state index contributed by atoms with van der Waals surface area (Å²) in [6, 6.07) is 7.43. The van der Waals surface area contributed by atoms with Gasteiger partial charge in [-0.2, -0.15) is 0 Å². The highest BCUT2D eigenvalue weighted by Crippen LogP contribution is 2.32. The molecule has 0 fully saturated rings. The number of carbonyl (C=O) groups is 1. The van der Waals surface area contributed by atoms with Crippen LogP contribution in [0.4, 0.5) is 21.5 Å². The van der Waals surface area contributed by atoms with Crippen molar-refractivity contribution in [3.05, 3.63) is 62.9 Å². The Labute approximate surface area is 122 Å². The second-order valence-electron chi connectivity index (χ2n) is 4.01. The van der Waals surface area contributed by atoms with Gasteiger partial charge in [0.05, 0.1) is 10.6 Å². The van der Waals surface area contributed by atoms with Crippen LogP contribution in [0.3, 0.4) is 0 Å². The third kappa shape index (κ3) is 3.09. The molecule has 108 valence electrons. The Morgan fingerprint density at radius 1 is 1.29 bits per heavy atom. The molecular weight excluding hydrogens is 303 g/mol. The van der Waals surface area contributed by atoms with Crippen molar-refractivity contribution in [2.45, 2.75) is 0 Å². The van der Waals surface area contributed by atoms with Crippen LogP contribution in [0.25, 0.3) is 0 Å². The van der Waals surface area contributed by atoms with Crippen LogP contribution in [0.2, 0.25) is 5.02 Å². The zero-order valence-electron chi connectivity index (χ0n) is 10.3. The molecule has 2 N–H and O–H groups in total. The highest BCUT2D eigenvalue weighted by atomic mass is 35.5. The molecule has 0 aliphatic rings. The quantitative estimate of drug-likeness (QED) is 0.661. The molecule has 0 atom stereocenters. The van der Waals surface area contributed by atoms with Gasteiger partial charge in [-0.05, 0) is 24.3 Å². The molecule has 8 heteroatoms. The van der Waals surface area contributed by atoms with Gasteiger partial charge in [-0.1, -0.05) is 17.7 Å². The lowest BCUT2D eigenvalue weighted by atomic mass is 10.1. The van der Waals surface area contributed by atoms with Crippen LogP contribution in [0.1, 0.15) is 10.4 Å². The largest absolute Gasteiger partial charge is 0.478 e. The fourth-order valence-electron chi connectivity index (χ4n) is 1.75. The van der Waals surface area contributed by atoms with Crippen molar-refractivity contribution >= 4 is 34.6 Å². The van der Waals surface area contributed by atoms with Crippen LogP contribution in [-0.2, 0) is 0 Å². The average molecular weight is 311 g/mol. The predicted octanol–water partition coefficient (Wildman–Crippen LogP) is 3.83. The summed E-state index contributed by atoms with van der Waals surface area (Å²) >= 11 is 5.68. The van der Waals surface area contributed by atoms with Crippen molar-refractivity contribution in [2.24, 2.45) is 0 Å². The van der Waals surface area contributed by atoms with E-state index in [-0.39, 0.29) is 22.1 Å². The first-order valence-electron chi connectivity index (χ1n) is 5.63. The number of nitro benzene ring substituents is 1. The maximum Gasteiger partial charge on any atom is 0.340 e. The minimum Gasteiger partial charge on any atom is -0.478 e. The van der Waals surface area contributed by atoms with E-state index < -0.39 is 22.3 Å². The van der Waals surface area contributed by atoms with Crippen molar-refractivity contribution in [1.29, 1.82) is 0 Å². The van der Waals surface area contributed by atoms with Crippen molar-refractivity contribution in [3.8, 4) is 0 Å². The Bertz CT molecular complexity index is 736. The average Bonchev–Trinajstić information content (AvgIpc) is 2.40. The maximum absolute atomic E-state index is 13.6. The fourth-order valence-corrected chi connectivity index (χ4v) is 1.92. The first kappa shape index (κ1) is 14.7. The second-order valence-corrected chi connectivity index (χ2v) is 4.45. The van der Waals surface area contributed by atoms with Gasteiger partial charge >= 0.3 is 5.97 Å². The summed E-state index contributed by atoms with van der Waals surface area (Å²) in [4.78, 5) is 21.4. The number of hydrogen-bond donors (Lipinski definition) is 2. The lowest BCUT2D eigenvalue weighted by molar-refractivity contribution is -0.383. The summed E-state index contributed by atoms with van der Waals surface area (Å²) < 4.78 is 13.6. The van der Waals surface area contributed by atoms with Crippen molar-refractivity contribution < 1.29 is 19.2 Å². The van der Waals surface area contributed by atoms with E-state index in [2.05, 4.69) is 5.32 Å². The van der Waals surface area contributed by atoms with E-state index in [1.54, 1.807) is 0 Å². The molecule has 6 nitrogen and oxygen atoms in total. The van der Waals surface area contributed by atoms with Gasteiger partial charge in [-0.25, -0.2) is 9.18 Å². The number of carboxylic acids is 1. The minimum atomic E-state index is -1.48. The van der Waals surface area contributed by atoms with Gasteiger partial charge in [0.25, 0.3) is 5.69 Å². The standard InChI is InChI=1S/C13H8ClFN2O4/c14-7-4-5-9(11(6-7)17(20)21)16-10-3-1-2-8(15)12(10)13(18)19/h1-6,16H,(H,18,19). The van der Waals surface area contributed by atoms with E-state index in [4.69, 9.17) is 16.7 Å². The highest BCUT2D eigenvalue weighted by Gasteiger charge is 2.19. The molecule has 0 saturated carbocycles. The van der Waals surface area contributed by atoms with Gasteiger partial charge in [0.1, 0.15) is 17.1 Å². The Morgan fingerprint density at radius 2 is 2.00 bits per heavy atom. The molecule has 0 bridgehead atoms. The Morgan fingerprint density at radius 3 is 2.62 bits per heavy atom. The number of aromatic carboxylic acids is 1. The first-order valence-corrected chi connectivity index (χ1v) is 6.00. The summed E-state index contributed by atoms with van der Waals surface area (Å²) in [5.41, 5.74) is -1.02. The van der Waals surface area contributed by atoms with Crippen molar-refractivity contribution in [1.82, 2.24) is 0 Å². The van der Waals surface area contributed by atoms with Gasteiger partial charge < -0.3 is 10.4 Å². The van der Waals surface area contributed by atoms with Gasteiger partial charge in [0, 0.05) is 11.1 Å². The minimum absolute atomic E-state index is 0.0116. The molecule has 0 unspecified atom stereocenters. The molecule has 0 amide bonds. The number of rotatable bonds is 4. The molecule has 0 saturated heterocycles. The van der Waals surface area contributed by atoms with Crippen LogP contribution in [0.15, 0.2) is 36.4 Å². The van der Waals surface area contributed by atoms with E-state index in [9.17, 15) is 19.3 Å². The maximum atomic E-state index is 13.6. The number of nitro groups is 1. The molecular formula is C13H8ClFN2O4. The molecule has 2 aromatic rings. The van der Waals surface area contributed by atoms with Gasteiger partial charge in [-0.15, -0.1) is 0 Å². The molecule has 0 spiro atoms. The van der Waals surface area contributed by atoms with Crippen LogP contribution in [-0.4, -0.2) is 16.0 Å². The van der Waals surface area contributed by atoms with E-state index in [1.807, 2.05) is 0 Å². The number of benzene rings is 2. The molecule has 0 radical (unpaired) electrons. The zero-order valence-corrected chi connectivity index (χ0v) is 11.1. The SMILES string of the molecule is O=C(O)c1c(F)cccc1Nc1ccc(Cl)cc1[N+](=O)[O-]. The van der Waals surface area contributed by atoms with Crippen LogP contribution in [0, 0.1) is 15.9 Å². The van der Waals surface area contributed by atoms with Crippen molar-refractivity contribution in [3.63, 3.8) is 0 Å². The van der Waals surface area contributed by atoms with Crippen molar-refractivity contribution in [2.75, 3.05) is 5.32 Å². The third-order valence-electron chi connectivity index (χ3n) is 2.65. The van der Waals surface area contributed by atoms with Crippen LogP contribution < -0.4 is 5.32 Å². The van der Waals surface area contributed by atoms with Crippen LogP contribution in [0.5, 0.6) is 0 Å². The van der Waals surface area contributed by atoms with E-state index in [0.29, 0.717) is 0 Å². The summed E-state index contributed by atoms with van der Waals surface area (Å²) in [6.07, 6.45) is 0. The monoisotopic (exact) mass is 310 g/mol. The van der Waals surface area contributed by atoms with Gasteiger partial charge in [-0.3, -0.25) is 10.1 Å². The molecule has 2 aromatic carbocycles. The van der Waals surface area contributed by atoms with Crippen LogP contribution >= 0.6 is 11.6 Å². The Kier molecular flexibility index (Phi) is 4.04. The van der Waals surface area contributed by atoms with Gasteiger partial charge in [0.2, 0.25) is 0 Å². The number of halogens is 2. The first-order chi connectivity index (χ1) is 9.90. The number of carboxylic acid groups (broad SMARTS) is 1. The molecule has 0 aliphatic heterocycles. The van der Waals surface area contributed by atoms with E-state index in [0.717, 1.165) is 12.1 Å². The molecule has 0 heterocycles. The Hall–Kier alpha value is -2.67. The summed E-state index contributed by atoms with van der Waals surface area (Å²) in [5.74, 6) is -2.42. The second kappa shape index (κ2) is 5.76. The van der Waals surface area contributed by atoms with E-state index >= 15 is 0 Å². The molecule has 0 aromatic heterocycles. The number of nitrogens with zero attached hydrogens (tertiary/aromatic N) is 1. The lowest BCUT2D eigenvalue weighted by Crippen LogP contribution is -2.06. The molecule has 2 rings (SSSR count). The fraction of sp³-hybridized carbons (Fsp3) is 0. The molecule has 0 aliphatic carbocycles. The summed E-state index contributed by atoms with van der Waals surface area (Å²) in [7, 11) is 0. The summed E-state index contributed by atoms with van der Waals surface area (Å²) in [6.45, 7) is 0. The normalized spacial score (nSPS) is 10.2. The zero-order chi connectivity index (χ0) is 15.6. The highest BCUT2D eigenvalue weighted by molar-refractivity contribution is 6.31. The smallest absolute Gasteiger partial charge is 0.340 e. The lowest BCUT2D eigenvalue weighted by Gasteiger charge is -2.10. The van der Waals surface area contributed by atoms with E-state index in [1.165, 1.54) is 24.3 Å². The third-order valence-corrected chi connectivity index (χ3v) is 2.89. The molecule has 21 heavy (non-hydrogen) atoms.